The van der Waals surface area contributed by atoms with Crippen molar-refractivity contribution < 1.29 is 31.1 Å². The Morgan fingerprint density at radius 1 is 1.12 bits per heavy atom. The summed E-state index contributed by atoms with van der Waals surface area (Å²) >= 11 is 2.58. The van der Waals surface area contributed by atoms with Gasteiger partial charge in [0.05, 0.1) is 4.47 Å². The Labute approximate surface area is 99.5 Å². The number of rotatable bonds is 2. The molecule has 8 heteroatoms. The first-order valence-corrected chi connectivity index (χ1v) is 4.81. The van der Waals surface area contributed by atoms with Crippen molar-refractivity contribution in [1.29, 1.82) is 0 Å². The highest BCUT2D eigenvalue weighted by Crippen LogP contribution is 2.38. The predicted octanol–water partition coefficient (Wildman–Crippen LogP) is 3.97. The van der Waals surface area contributed by atoms with Gasteiger partial charge in [-0.2, -0.15) is 22.0 Å². The second-order valence-corrected chi connectivity index (χ2v) is 3.88. The molecule has 0 aliphatic rings. The molecule has 0 atom stereocenters. The molecule has 1 aromatic rings. The zero-order chi connectivity index (χ0) is 13.4. The minimum absolute atomic E-state index is 0.374. The third kappa shape index (κ3) is 2.62. The van der Waals surface area contributed by atoms with Crippen molar-refractivity contribution in [3.63, 3.8) is 0 Å². The van der Waals surface area contributed by atoms with Crippen LogP contribution >= 0.6 is 15.9 Å². The molecule has 1 aromatic carbocycles. The molecule has 0 bridgehead atoms. The molecule has 1 rings (SSSR count). The fourth-order valence-electron chi connectivity index (χ4n) is 0.947. The van der Waals surface area contributed by atoms with Crippen LogP contribution in [0.3, 0.4) is 0 Å². The van der Waals surface area contributed by atoms with Crippen LogP contribution in [0, 0.1) is 5.82 Å². The summed E-state index contributed by atoms with van der Waals surface area (Å²) in [7, 11) is 0. The Kier molecular flexibility index (Phi) is 3.56. The number of Topliss-reactive ketones (excluding diaryl/α,β-unsaturated/α-hetero) is 1. The van der Waals surface area contributed by atoms with Crippen LogP contribution in [0.1, 0.15) is 10.4 Å². The molecule has 17 heavy (non-hydrogen) atoms. The Balaban J connectivity index is 3.17. The molecule has 0 saturated heterocycles. The first-order chi connectivity index (χ1) is 7.57. The summed E-state index contributed by atoms with van der Waals surface area (Å²) in [5.41, 5.74) is -0.930. The topological polar surface area (TPSA) is 17.1 Å². The van der Waals surface area contributed by atoms with E-state index in [9.17, 15) is 31.1 Å². The van der Waals surface area contributed by atoms with Gasteiger partial charge in [0.25, 0.3) is 0 Å². The Bertz CT molecular complexity index is 453. The number of alkyl halides is 5. The second-order valence-electron chi connectivity index (χ2n) is 3.03. The van der Waals surface area contributed by atoms with Gasteiger partial charge in [-0.15, -0.1) is 0 Å². The van der Waals surface area contributed by atoms with E-state index >= 15 is 0 Å². The Hall–Kier alpha value is -1.05. The average Bonchev–Trinajstić information content (AvgIpc) is 2.19. The summed E-state index contributed by atoms with van der Waals surface area (Å²) in [6, 6.07) is 1.74. The van der Waals surface area contributed by atoms with Gasteiger partial charge in [-0.1, -0.05) is 0 Å². The average molecular weight is 321 g/mol. The molecule has 0 amide bonds. The van der Waals surface area contributed by atoms with Gasteiger partial charge in [-0.3, -0.25) is 4.79 Å². The quantitative estimate of drug-likeness (QED) is 0.595. The lowest BCUT2D eigenvalue weighted by Crippen LogP contribution is -2.44. The molecule has 0 unspecified atom stereocenters. The summed E-state index contributed by atoms with van der Waals surface area (Å²) in [5, 5.41) is 0. The standard InChI is InChI=1S/C9H3BrF6O/c10-5-3-4(1-2-6(5)11)7(17)8(12,13)9(14,15)16/h1-3H. The summed E-state index contributed by atoms with van der Waals surface area (Å²) in [5.74, 6) is -8.80. The van der Waals surface area contributed by atoms with Gasteiger partial charge in [-0.05, 0) is 34.1 Å². The highest BCUT2D eigenvalue weighted by Gasteiger charge is 2.63. The second kappa shape index (κ2) is 4.32. The minimum Gasteiger partial charge on any atom is -0.287 e. The molecular weight excluding hydrogens is 318 g/mol. The first kappa shape index (κ1) is 14.0. The van der Waals surface area contributed by atoms with Gasteiger partial charge in [0.1, 0.15) is 5.82 Å². The van der Waals surface area contributed by atoms with E-state index in [4.69, 9.17) is 0 Å². The summed E-state index contributed by atoms with van der Waals surface area (Å²) in [6.07, 6.45) is -5.98. The van der Waals surface area contributed by atoms with Crippen LogP contribution in [-0.4, -0.2) is 17.9 Å². The molecule has 94 valence electrons. The molecule has 0 heterocycles. The number of carbonyl (C=O) groups excluding carboxylic acids is 1. The van der Waals surface area contributed by atoms with E-state index in [-0.39, 0.29) is 4.47 Å². The van der Waals surface area contributed by atoms with E-state index in [1.807, 2.05) is 0 Å². The number of benzene rings is 1. The summed E-state index contributed by atoms with van der Waals surface area (Å²) in [4.78, 5) is 11.0. The predicted molar refractivity (Wildman–Crippen MR) is 49.4 cm³/mol. The Morgan fingerprint density at radius 2 is 1.65 bits per heavy atom. The lowest BCUT2D eigenvalue weighted by Gasteiger charge is -2.18. The SMILES string of the molecule is O=C(c1ccc(F)c(Br)c1)C(F)(F)C(F)(F)F. The van der Waals surface area contributed by atoms with Crippen molar-refractivity contribution in [3.05, 3.63) is 34.1 Å². The van der Waals surface area contributed by atoms with E-state index in [0.29, 0.717) is 18.2 Å². The van der Waals surface area contributed by atoms with Gasteiger partial charge < -0.3 is 0 Å². The van der Waals surface area contributed by atoms with Crippen molar-refractivity contribution in [2.24, 2.45) is 0 Å². The molecular formula is C9H3BrF6O. The van der Waals surface area contributed by atoms with Crippen LogP contribution < -0.4 is 0 Å². The normalized spacial score (nSPS) is 12.6. The summed E-state index contributed by atoms with van der Waals surface area (Å²) < 4.78 is 73.3. The van der Waals surface area contributed by atoms with Crippen molar-refractivity contribution in [1.82, 2.24) is 0 Å². The molecule has 0 aliphatic heterocycles. The Morgan fingerprint density at radius 3 is 2.06 bits per heavy atom. The summed E-state index contributed by atoms with van der Waals surface area (Å²) in [6.45, 7) is 0. The van der Waals surface area contributed by atoms with Crippen molar-refractivity contribution >= 4 is 21.7 Å². The van der Waals surface area contributed by atoms with Gasteiger partial charge in [-0.25, -0.2) is 4.39 Å². The van der Waals surface area contributed by atoms with E-state index in [1.165, 1.54) is 0 Å². The van der Waals surface area contributed by atoms with Crippen LogP contribution in [0.5, 0.6) is 0 Å². The van der Waals surface area contributed by atoms with E-state index in [1.54, 1.807) is 0 Å². The monoisotopic (exact) mass is 320 g/mol. The van der Waals surface area contributed by atoms with E-state index < -0.39 is 29.3 Å². The molecule has 0 N–H and O–H groups in total. The largest absolute Gasteiger partial charge is 0.461 e. The molecule has 0 spiro atoms. The molecule has 1 nitrogen and oxygen atoms in total. The van der Waals surface area contributed by atoms with E-state index in [2.05, 4.69) is 15.9 Å². The van der Waals surface area contributed by atoms with Crippen LogP contribution in [0.25, 0.3) is 0 Å². The van der Waals surface area contributed by atoms with E-state index in [0.717, 1.165) is 0 Å². The maximum Gasteiger partial charge on any atom is 0.461 e. The van der Waals surface area contributed by atoms with Crippen molar-refractivity contribution in [3.8, 4) is 0 Å². The van der Waals surface area contributed by atoms with Gasteiger partial charge in [0, 0.05) is 5.56 Å². The van der Waals surface area contributed by atoms with Crippen LogP contribution in [-0.2, 0) is 0 Å². The number of hydrogen-bond acceptors (Lipinski definition) is 1. The number of ketones is 1. The smallest absolute Gasteiger partial charge is 0.287 e. The number of hydrogen-bond donors (Lipinski definition) is 0. The van der Waals surface area contributed by atoms with Crippen LogP contribution in [0.15, 0.2) is 22.7 Å². The third-order valence-electron chi connectivity index (χ3n) is 1.82. The molecule has 0 aliphatic carbocycles. The zero-order valence-corrected chi connectivity index (χ0v) is 9.37. The number of carbonyl (C=O) groups is 1. The molecule has 0 saturated carbocycles. The highest BCUT2D eigenvalue weighted by atomic mass is 79.9. The number of halogens is 7. The van der Waals surface area contributed by atoms with Crippen LogP contribution in [0.2, 0.25) is 0 Å². The van der Waals surface area contributed by atoms with Gasteiger partial charge in [0.15, 0.2) is 0 Å². The zero-order valence-electron chi connectivity index (χ0n) is 7.79. The van der Waals surface area contributed by atoms with Gasteiger partial charge >= 0.3 is 12.1 Å². The molecule has 0 aromatic heterocycles. The van der Waals surface area contributed by atoms with Crippen molar-refractivity contribution in [2.45, 2.75) is 12.1 Å². The maximum absolute atomic E-state index is 12.7. The van der Waals surface area contributed by atoms with Gasteiger partial charge in [0.2, 0.25) is 5.78 Å². The van der Waals surface area contributed by atoms with Crippen LogP contribution in [0.4, 0.5) is 26.3 Å². The maximum atomic E-state index is 12.7. The molecule has 0 radical (unpaired) electrons. The fraction of sp³-hybridized carbons (Fsp3) is 0.222. The lowest BCUT2D eigenvalue weighted by molar-refractivity contribution is -0.255. The minimum atomic E-state index is -5.98. The highest BCUT2D eigenvalue weighted by molar-refractivity contribution is 9.10. The van der Waals surface area contributed by atoms with Crippen molar-refractivity contribution in [2.75, 3.05) is 0 Å². The third-order valence-corrected chi connectivity index (χ3v) is 2.43. The lowest BCUT2D eigenvalue weighted by atomic mass is 10.1. The molecule has 0 fully saturated rings. The fourth-order valence-corrected chi connectivity index (χ4v) is 1.33. The first-order valence-electron chi connectivity index (χ1n) is 4.02.